The zero-order valence-corrected chi connectivity index (χ0v) is 16.7. The zero-order valence-electron chi connectivity index (χ0n) is 16.7. The van der Waals surface area contributed by atoms with Gasteiger partial charge in [0.2, 0.25) is 12.3 Å². The number of carbonyl (C=O) groups excluding carboxylic acids is 1. The van der Waals surface area contributed by atoms with E-state index in [1.165, 1.54) is 22.9 Å². The van der Waals surface area contributed by atoms with Gasteiger partial charge in [-0.3, -0.25) is 9.59 Å². The predicted molar refractivity (Wildman–Crippen MR) is 106 cm³/mol. The largest absolute Gasteiger partial charge is 0.423 e. The highest BCUT2D eigenvalue weighted by atomic mass is 19.4. The average molecular weight is 435 g/mol. The summed E-state index contributed by atoms with van der Waals surface area (Å²) in [5.41, 5.74) is -0.262. The molecule has 164 valence electrons. The van der Waals surface area contributed by atoms with E-state index < -0.39 is 11.7 Å². The van der Waals surface area contributed by atoms with Crippen LogP contribution in [0.25, 0.3) is 11.5 Å². The second-order valence-electron chi connectivity index (χ2n) is 6.95. The molecular weight excluding hydrogens is 415 g/mol. The van der Waals surface area contributed by atoms with Crippen molar-refractivity contribution < 1.29 is 22.4 Å². The van der Waals surface area contributed by atoms with Crippen LogP contribution in [0.5, 0.6) is 0 Å². The number of alkyl halides is 3. The van der Waals surface area contributed by atoms with E-state index in [0.29, 0.717) is 11.4 Å². The van der Waals surface area contributed by atoms with E-state index in [1.807, 2.05) is 6.92 Å². The van der Waals surface area contributed by atoms with Gasteiger partial charge in [-0.1, -0.05) is 6.92 Å². The van der Waals surface area contributed by atoms with E-state index in [-0.39, 0.29) is 28.8 Å². The fraction of sp³-hybridized carbons (Fsp3) is 0.300. The molecule has 8 nitrogen and oxygen atoms in total. The van der Waals surface area contributed by atoms with Crippen molar-refractivity contribution in [2.45, 2.75) is 19.5 Å². The number of rotatable bonds is 3. The van der Waals surface area contributed by atoms with E-state index in [4.69, 9.17) is 4.42 Å². The maximum Gasteiger partial charge on any atom is 0.416 e. The molecule has 1 aromatic carbocycles. The van der Waals surface area contributed by atoms with Crippen molar-refractivity contribution in [2.75, 3.05) is 11.9 Å². The molecule has 31 heavy (non-hydrogen) atoms. The van der Waals surface area contributed by atoms with Gasteiger partial charge in [-0.15, -0.1) is 10.2 Å². The third-order valence-corrected chi connectivity index (χ3v) is 4.66. The van der Waals surface area contributed by atoms with Crippen LogP contribution in [0.15, 0.2) is 52.1 Å². The molecule has 4 rings (SSSR count). The number of nitrogens with one attached hydrogen (secondary N) is 2. The minimum absolute atomic E-state index is 0.0191. The normalized spacial score (nSPS) is 15.8. The van der Waals surface area contributed by atoms with Gasteiger partial charge in [-0.05, 0) is 36.8 Å². The van der Waals surface area contributed by atoms with Crippen molar-refractivity contribution in [1.82, 2.24) is 20.1 Å². The number of aromatic nitrogens is 3. The first kappa shape index (κ1) is 22.1. The lowest BCUT2D eigenvalue weighted by atomic mass is 10.1. The smallest absolute Gasteiger partial charge is 0.416 e. The number of pyridine rings is 1. The van der Waals surface area contributed by atoms with Crippen LogP contribution in [0, 0.1) is 5.92 Å². The number of halogens is 3. The maximum atomic E-state index is 12.6. The molecule has 0 radical (unpaired) electrons. The van der Waals surface area contributed by atoms with Gasteiger partial charge in [0.25, 0.3) is 11.4 Å². The summed E-state index contributed by atoms with van der Waals surface area (Å²) in [6.07, 6.45) is -0.784. The summed E-state index contributed by atoms with van der Waals surface area (Å²) in [5, 5.41) is 12.9. The molecule has 11 heteroatoms. The summed E-state index contributed by atoms with van der Waals surface area (Å²) in [5.74, 6) is 0.491. The topological polar surface area (TPSA) is 102 Å². The lowest BCUT2D eigenvalue weighted by Gasteiger charge is -2.12. The van der Waals surface area contributed by atoms with Crippen LogP contribution in [0.1, 0.15) is 18.9 Å². The van der Waals surface area contributed by atoms with Gasteiger partial charge in [-0.2, -0.15) is 13.2 Å². The molecule has 0 spiro atoms. The minimum Gasteiger partial charge on any atom is -0.423 e. The van der Waals surface area contributed by atoms with Gasteiger partial charge in [0.05, 0.1) is 11.3 Å². The van der Waals surface area contributed by atoms with Gasteiger partial charge in [0, 0.05) is 31.4 Å². The molecule has 1 amide bonds. The standard InChI is InChI=1S/C15H11F3N4O2.C5H9NO/c1-22-7-6-11(12(14(22)23)13-21-19-8-24-13)20-10-4-2-9(3-5-10)15(16,17)18;1-4-2-3-6-5(4)7/h2-8,20H,1H3;4H,2-3H2,1H3,(H,6,7). The second-order valence-corrected chi connectivity index (χ2v) is 6.95. The van der Waals surface area contributed by atoms with Gasteiger partial charge < -0.3 is 19.6 Å². The lowest BCUT2D eigenvalue weighted by molar-refractivity contribution is -0.137. The molecule has 1 atom stereocenters. The molecule has 0 aliphatic carbocycles. The molecule has 0 bridgehead atoms. The molecule has 1 unspecified atom stereocenters. The number of carbonyl (C=O) groups is 1. The van der Waals surface area contributed by atoms with Gasteiger partial charge in [0.15, 0.2) is 0 Å². The zero-order chi connectivity index (χ0) is 22.6. The molecular formula is C20H20F3N5O3. The number of nitrogens with zero attached hydrogens (tertiary/aromatic N) is 3. The molecule has 2 N–H and O–H groups in total. The highest BCUT2D eigenvalue weighted by Gasteiger charge is 2.30. The maximum absolute atomic E-state index is 12.6. The van der Waals surface area contributed by atoms with Crippen LogP contribution >= 0.6 is 0 Å². The van der Waals surface area contributed by atoms with Crippen molar-refractivity contribution in [2.24, 2.45) is 13.0 Å². The van der Waals surface area contributed by atoms with Gasteiger partial charge in [0.1, 0.15) is 5.56 Å². The van der Waals surface area contributed by atoms with Crippen LogP contribution < -0.4 is 16.2 Å². The third kappa shape index (κ3) is 5.30. The Labute approximate surface area is 175 Å². The molecule has 2 aromatic heterocycles. The first-order valence-corrected chi connectivity index (χ1v) is 9.35. The molecule has 1 aliphatic rings. The van der Waals surface area contributed by atoms with Crippen LogP contribution in [0.3, 0.4) is 0 Å². The summed E-state index contributed by atoms with van der Waals surface area (Å²) in [6.45, 7) is 2.82. The Hall–Kier alpha value is -3.63. The molecule has 3 heterocycles. The first-order chi connectivity index (χ1) is 14.7. The fourth-order valence-corrected chi connectivity index (χ4v) is 2.84. The summed E-state index contributed by atoms with van der Waals surface area (Å²) >= 11 is 0. The van der Waals surface area contributed by atoms with Crippen molar-refractivity contribution >= 4 is 17.3 Å². The third-order valence-electron chi connectivity index (χ3n) is 4.66. The Morgan fingerprint density at radius 3 is 2.39 bits per heavy atom. The van der Waals surface area contributed by atoms with Crippen molar-refractivity contribution in [3.63, 3.8) is 0 Å². The molecule has 1 fully saturated rings. The molecule has 1 saturated heterocycles. The monoisotopic (exact) mass is 435 g/mol. The Bertz CT molecular complexity index is 1090. The number of aryl methyl sites for hydroxylation is 1. The summed E-state index contributed by atoms with van der Waals surface area (Å²) in [4.78, 5) is 22.8. The molecule has 1 aliphatic heterocycles. The highest BCUT2D eigenvalue weighted by molar-refractivity contribution is 5.80. The van der Waals surface area contributed by atoms with Crippen LogP contribution in [-0.2, 0) is 18.0 Å². The first-order valence-electron chi connectivity index (χ1n) is 9.35. The summed E-state index contributed by atoms with van der Waals surface area (Å²) in [7, 11) is 1.56. The Morgan fingerprint density at radius 1 is 1.19 bits per heavy atom. The Kier molecular flexibility index (Phi) is 6.42. The van der Waals surface area contributed by atoms with Crippen LogP contribution in [-0.4, -0.2) is 27.2 Å². The molecule has 3 aromatic rings. The van der Waals surface area contributed by atoms with E-state index in [1.54, 1.807) is 13.1 Å². The minimum atomic E-state index is -4.41. The van der Waals surface area contributed by atoms with E-state index in [0.717, 1.165) is 31.5 Å². The van der Waals surface area contributed by atoms with Crippen molar-refractivity contribution in [3.8, 4) is 11.5 Å². The summed E-state index contributed by atoms with van der Waals surface area (Å²) < 4.78 is 44.2. The van der Waals surface area contributed by atoms with Crippen LogP contribution in [0.4, 0.5) is 24.5 Å². The SMILES string of the molecule is CC1CCNC1=O.Cn1ccc(Nc2ccc(C(F)(F)F)cc2)c(-c2nnco2)c1=O. The Morgan fingerprint density at radius 2 is 1.90 bits per heavy atom. The van der Waals surface area contributed by atoms with Crippen molar-refractivity contribution in [1.29, 1.82) is 0 Å². The quantitative estimate of drug-likeness (QED) is 0.654. The Balaban J connectivity index is 0.000000330. The second kappa shape index (κ2) is 9.02. The number of amides is 1. The van der Waals surface area contributed by atoms with E-state index >= 15 is 0 Å². The van der Waals surface area contributed by atoms with Gasteiger partial charge >= 0.3 is 6.18 Å². The number of hydrogen-bond acceptors (Lipinski definition) is 6. The number of anilines is 2. The highest BCUT2D eigenvalue weighted by Crippen LogP contribution is 2.31. The molecule has 0 saturated carbocycles. The van der Waals surface area contributed by atoms with Crippen molar-refractivity contribution in [3.05, 3.63) is 58.8 Å². The fourth-order valence-electron chi connectivity index (χ4n) is 2.84. The summed E-state index contributed by atoms with van der Waals surface area (Å²) in [6, 6.07) is 6.06. The number of hydrogen-bond donors (Lipinski definition) is 2. The van der Waals surface area contributed by atoms with Gasteiger partial charge in [-0.25, -0.2) is 0 Å². The predicted octanol–water partition coefficient (Wildman–Crippen LogP) is 3.34. The average Bonchev–Trinajstić information content (AvgIpc) is 3.38. The van der Waals surface area contributed by atoms with E-state index in [2.05, 4.69) is 20.8 Å². The van der Waals surface area contributed by atoms with E-state index in [9.17, 15) is 22.8 Å². The number of benzene rings is 1. The lowest BCUT2D eigenvalue weighted by Crippen LogP contribution is -2.19. The van der Waals surface area contributed by atoms with Crippen LogP contribution in [0.2, 0.25) is 0 Å².